The highest BCUT2D eigenvalue weighted by atomic mass is 32.1. The van der Waals surface area contributed by atoms with Crippen LogP contribution in [-0.4, -0.2) is 29.3 Å². The van der Waals surface area contributed by atoms with Crippen molar-refractivity contribution in [1.29, 1.82) is 0 Å². The summed E-state index contributed by atoms with van der Waals surface area (Å²) in [6, 6.07) is 8.75. The largest absolute Gasteiger partial charge is 0.416 e. The Morgan fingerprint density at radius 3 is 2.52 bits per heavy atom. The number of hydrogen-bond donors (Lipinski definition) is 1. The molecule has 0 spiro atoms. The molecule has 1 heterocycles. The molecule has 0 radical (unpaired) electrons. The van der Waals surface area contributed by atoms with Gasteiger partial charge in [-0.15, -0.1) is 11.3 Å². The number of halogens is 3. The number of hydrogen-bond acceptors (Lipinski definition) is 3. The van der Waals surface area contributed by atoms with Gasteiger partial charge in [0.25, 0.3) is 5.91 Å². The maximum Gasteiger partial charge on any atom is 0.416 e. The second-order valence-corrected chi connectivity index (χ2v) is 7.34. The van der Waals surface area contributed by atoms with Crippen LogP contribution in [0.2, 0.25) is 0 Å². The molecule has 0 atom stereocenters. The Hall–Kier alpha value is -2.35. The van der Waals surface area contributed by atoms with E-state index in [0.717, 1.165) is 18.9 Å². The molecule has 0 bridgehead atoms. The first-order chi connectivity index (χ1) is 12.9. The molecule has 1 N–H and O–H groups in total. The quantitative estimate of drug-likeness (QED) is 0.767. The first kappa shape index (κ1) is 19.4. The van der Waals surface area contributed by atoms with Crippen LogP contribution in [0.15, 0.2) is 41.8 Å². The maximum absolute atomic E-state index is 13.2. The van der Waals surface area contributed by atoms with Crippen LogP contribution >= 0.6 is 11.3 Å². The summed E-state index contributed by atoms with van der Waals surface area (Å²) in [4.78, 5) is 26.5. The third kappa shape index (κ3) is 5.09. The summed E-state index contributed by atoms with van der Waals surface area (Å²) in [5.74, 6) is -0.501. The molecule has 8 heteroatoms. The zero-order valence-electron chi connectivity index (χ0n) is 14.5. The van der Waals surface area contributed by atoms with Crippen LogP contribution < -0.4 is 5.32 Å². The van der Waals surface area contributed by atoms with Crippen molar-refractivity contribution in [2.75, 3.05) is 6.54 Å². The lowest BCUT2D eigenvalue weighted by Crippen LogP contribution is -2.36. The van der Waals surface area contributed by atoms with Crippen molar-refractivity contribution < 1.29 is 22.8 Å². The average Bonchev–Trinajstić information content (AvgIpc) is 3.31. The summed E-state index contributed by atoms with van der Waals surface area (Å²) in [6.45, 7) is 0.0811. The van der Waals surface area contributed by atoms with Gasteiger partial charge in [0.1, 0.15) is 0 Å². The zero-order chi connectivity index (χ0) is 19.4. The summed E-state index contributed by atoms with van der Waals surface area (Å²) < 4.78 is 39.6. The van der Waals surface area contributed by atoms with E-state index in [9.17, 15) is 22.8 Å². The summed E-state index contributed by atoms with van der Waals surface area (Å²) in [5, 5.41) is 4.46. The van der Waals surface area contributed by atoms with Gasteiger partial charge in [-0.3, -0.25) is 9.59 Å². The minimum absolute atomic E-state index is 0.0215. The summed E-state index contributed by atoms with van der Waals surface area (Å²) in [7, 11) is 0. The van der Waals surface area contributed by atoms with Crippen LogP contribution in [-0.2, 0) is 17.5 Å². The van der Waals surface area contributed by atoms with Gasteiger partial charge in [0.05, 0.1) is 10.4 Å². The molecule has 1 aliphatic carbocycles. The van der Waals surface area contributed by atoms with Gasteiger partial charge in [0.15, 0.2) is 0 Å². The molecule has 1 aliphatic rings. The van der Waals surface area contributed by atoms with E-state index in [1.165, 1.54) is 28.4 Å². The lowest BCUT2D eigenvalue weighted by molar-refractivity contribution is -0.140. The standard InChI is InChI=1S/C19H19F3N2O2S/c20-19(21,22)15-5-2-1-4-13(15)12-24(14-7-8-14)17(25)9-10-23-18(26)16-6-3-11-27-16/h1-6,11,14H,7-10,12H2,(H,23,26). The topological polar surface area (TPSA) is 49.4 Å². The van der Waals surface area contributed by atoms with Gasteiger partial charge in [-0.25, -0.2) is 0 Å². The Morgan fingerprint density at radius 2 is 1.89 bits per heavy atom. The fraction of sp³-hybridized carbons (Fsp3) is 0.368. The molecule has 4 nitrogen and oxygen atoms in total. The molecule has 1 aromatic carbocycles. The van der Waals surface area contributed by atoms with Crippen LogP contribution in [0.25, 0.3) is 0 Å². The van der Waals surface area contributed by atoms with E-state index in [1.807, 2.05) is 0 Å². The predicted molar refractivity (Wildman–Crippen MR) is 96.3 cm³/mol. The Kier molecular flexibility index (Phi) is 5.84. The van der Waals surface area contributed by atoms with Crippen molar-refractivity contribution >= 4 is 23.2 Å². The van der Waals surface area contributed by atoms with E-state index in [4.69, 9.17) is 0 Å². The third-order valence-electron chi connectivity index (χ3n) is 4.34. The molecule has 2 amide bonds. The van der Waals surface area contributed by atoms with Crippen molar-refractivity contribution in [2.24, 2.45) is 0 Å². The lowest BCUT2D eigenvalue weighted by atomic mass is 10.1. The van der Waals surface area contributed by atoms with E-state index in [-0.39, 0.29) is 42.9 Å². The minimum Gasteiger partial charge on any atom is -0.351 e. The smallest absolute Gasteiger partial charge is 0.351 e. The number of carbonyl (C=O) groups excluding carboxylic acids is 2. The van der Waals surface area contributed by atoms with Crippen LogP contribution in [0.3, 0.4) is 0 Å². The van der Waals surface area contributed by atoms with Gasteiger partial charge >= 0.3 is 6.18 Å². The van der Waals surface area contributed by atoms with E-state index >= 15 is 0 Å². The molecule has 1 saturated carbocycles. The number of alkyl halides is 3. The number of amides is 2. The van der Waals surface area contributed by atoms with Gasteiger partial charge in [0.2, 0.25) is 5.91 Å². The predicted octanol–water partition coefficient (Wildman–Crippen LogP) is 4.08. The van der Waals surface area contributed by atoms with Crippen molar-refractivity contribution in [2.45, 2.75) is 38.0 Å². The monoisotopic (exact) mass is 396 g/mol. The molecular weight excluding hydrogens is 377 g/mol. The van der Waals surface area contributed by atoms with Crippen LogP contribution in [0.5, 0.6) is 0 Å². The fourth-order valence-electron chi connectivity index (χ4n) is 2.85. The van der Waals surface area contributed by atoms with Crippen LogP contribution in [0.1, 0.15) is 40.1 Å². The van der Waals surface area contributed by atoms with Crippen molar-refractivity contribution in [3.63, 3.8) is 0 Å². The first-order valence-corrected chi connectivity index (χ1v) is 9.50. The molecule has 0 aliphatic heterocycles. The number of thiophene rings is 1. The Labute approximate surface area is 159 Å². The summed E-state index contributed by atoms with van der Waals surface area (Å²) in [6.07, 6.45) is -2.81. The Balaban J connectivity index is 1.61. The molecule has 2 aromatic rings. The molecule has 0 saturated heterocycles. The van der Waals surface area contributed by atoms with Gasteiger partial charge in [0, 0.05) is 25.6 Å². The normalized spacial score (nSPS) is 14.0. The number of carbonyl (C=O) groups is 2. The molecule has 0 unspecified atom stereocenters. The van der Waals surface area contributed by atoms with E-state index in [1.54, 1.807) is 23.6 Å². The van der Waals surface area contributed by atoms with Crippen LogP contribution in [0, 0.1) is 0 Å². The Morgan fingerprint density at radius 1 is 1.15 bits per heavy atom. The first-order valence-electron chi connectivity index (χ1n) is 8.62. The molecular formula is C19H19F3N2O2S. The van der Waals surface area contributed by atoms with E-state index in [0.29, 0.717) is 4.88 Å². The number of nitrogens with one attached hydrogen (secondary N) is 1. The molecule has 1 fully saturated rings. The lowest BCUT2D eigenvalue weighted by Gasteiger charge is -2.24. The van der Waals surface area contributed by atoms with E-state index in [2.05, 4.69) is 5.32 Å². The van der Waals surface area contributed by atoms with Gasteiger partial charge in [-0.2, -0.15) is 13.2 Å². The highest BCUT2D eigenvalue weighted by Gasteiger charge is 2.36. The third-order valence-corrected chi connectivity index (χ3v) is 5.21. The molecule has 1 aromatic heterocycles. The number of benzene rings is 1. The van der Waals surface area contributed by atoms with Crippen molar-refractivity contribution in [3.8, 4) is 0 Å². The van der Waals surface area contributed by atoms with E-state index < -0.39 is 11.7 Å². The van der Waals surface area contributed by atoms with Crippen molar-refractivity contribution in [3.05, 3.63) is 57.8 Å². The molecule has 144 valence electrons. The number of rotatable bonds is 7. The zero-order valence-corrected chi connectivity index (χ0v) is 15.3. The second kappa shape index (κ2) is 8.12. The SMILES string of the molecule is O=C(NCCC(=O)N(Cc1ccccc1C(F)(F)F)C1CC1)c1cccs1. The molecule has 3 rings (SSSR count). The summed E-state index contributed by atoms with van der Waals surface area (Å²) >= 11 is 1.30. The average molecular weight is 396 g/mol. The highest BCUT2D eigenvalue weighted by Crippen LogP contribution is 2.35. The Bertz CT molecular complexity index is 802. The molecule has 27 heavy (non-hydrogen) atoms. The van der Waals surface area contributed by atoms with Gasteiger partial charge in [-0.05, 0) is 35.9 Å². The fourth-order valence-corrected chi connectivity index (χ4v) is 3.49. The summed E-state index contributed by atoms with van der Waals surface area (Å²) in [5.41, 5.74) is -0.623. The van der Waals surface area contributed by atoms with Gasteiger partial charge in [-0.1, -0.05) is 24.3 Å². The van der Waals surface area contributed by atoms with Gasteiger partial charge < -0.3 is 10.2 Å². The highest BCUT2D eigenvalue weighted by molar-refractivity contribution is 7.12. The number of nitrogens with zero attached hydrogens (tertiary/aromatic N) is 1. The van der Waals surface area contributed by atoms with Crippen LogP contribution in [0.4, 0.5) is 13.2 Å². The maximum atomic E-state index is 13.2. The van der Waals surface area contributed by atoms with Crippen molar-refractivity contribution in [1.82, 2.24) is 10.2 Å². The second-order valence-electron chi connectivity index (χ2n) is 6.39. The minimum atomic E-state index is -4.45.